The number of benzene rings is 1. The van der Waals surface area contributed by atoms with E-state index < -0.39 is 5.60 Å². The number of aromatic nitrogens is 1. The molecule has 1 heterocycles. The molecule has 2 unspecified atom stereocenters. The Hall–Kier alpha value is -1.91. The van der Waals surface area contributed by atoms with Crippen molar-refractivity contribution >= 4 is 5.82 Å². The number of aliphatic hydroxyl groups is 1. The molecule has 2 atom stereocenters. The number of hydrogen-bond acceptors (Lipinski definition) is 4. The SMILES string of the molecule is Nc1cc(CC2(O)CC(N)c3ccccc32)ccn1. The fraction of sp³-hybridized carbons (Fsp3) is 0.267. The smallest absolute Gasteiger partial charge is 0.123 e. The van der Waals surface area contributed by atoms with Crippen LogP contribution >= 0.6 is 0 Å². The van der Waals surface area contributed by atoms with Crippen LogP contribution < -0.4 is 11.5 Å². The highest BCUT2D eigenvalue weighted by molar-refractivity contribution is 5.42. The average Bonchev–Trinajstić information content (AvgIpc) is 2.62. The Balaban J connectivity index is 1.97. The minimum absolute atomic E-state index is 0.111. The number of hydrogen-bond donors (Lipinski definition) is 3. The predicted molar refractivity (Wildman–Crippen MR) is 74.2 cm³/mol. The Kier molecular flexibility index (Phi) is 2.77. The number of nitrogens with zero attached hydrogens (tertiary/aromatic N) is 1. The highest BCUT2D eigenvalue weighted by Gasteiger charge is 2.40. The third kappa shape index (κ3) is 2.09. The fourth-order valence-corrected chi connectivity index (χ4v) is 2.94. The largest absolute Gasteiger partial charge is 0.385 e. The minimum Gasteiger partial charge on any atom is -0.385 e. The van der Waals surface area contributed by atoms with E-state index in [1.807, 2.05) is 30.3 Å². The van der Waals surface area contributed by atoms with Gasteiger partial charge in [0, 0.05) is 18.7 Å². The molecule has 1 aliphatic rings. The molecule has 1 aromatic heterocycles. The van der Waals surface area contributed by atoms with Crippen LogP contribution in [0.4, 0.5) is 5.82 Å². The second-order valence-corrected chi connectivity index (χ2v) is 5.20. The highest BCUT2D eigenvalue weighted by atomic mass is 16.3. The standard InChI is InChI=1S/C15H17N3O/c16-13-9-15(19,12-4-2-1-3-11(12)13)8-10-5-6-18-14(17)7-10/h1-7,13,19H,8-9,16H2,(H2,17,18). The fourth-order valence-electron chi connectivity index (χ4n) is 2.94. The van der Waals surface area contributed by atoms with E-state index in [1.54, 1.807) is 12.3 Å². The Labute approximate surface area is 112 Å². The average molecular weight is 255 g/mol. The van der Waals surface area contributed by atoms with E-state index in [9.17, 15) is 5.11 Å². The zero-order chi connectivity index (χ0) is 13.5. The summed E-state index contributed by atoms with van der Waals surface area (Å²) in [6.45, 7) is 0. The number of fused-ring (bicyclic) bond motifs is 1. The first-order chi connectivity index (χ1) is 9.08. The van der Waals surface area contributed by atoms with Gasteiger partial charge in [-0.3, -0.25) is 0 Å². The maximum atomic E-state index is 10.9. The zero-order valence-corrected chi connectivity index (χ0v) is 10.6. The lowest BCUT2D eigenvalue weighted by Crippen LogP contribution is -2.26. The lowest BCUT2D eigenvalue weighted by molar-refractivity contribution is 0.0342. The minimum atomic E-state index is -0.913. The molecule has 1 aromatic carbocycles. The number of pyridine rings is 1. The van der Waals surface area contributed by atoms with E-state index in [0.717, 1.165) is 16.7 Å². The molecular weight excluding hydrogens is 238 g/mol. The Morgan fingerprint density at radius 3 is 2.89 bits per heavy atom. The van der Waals surface area contributed by atoms with Crippen LogP contribution in [0.15, 0.2) is 42.6 Å². The lowest BCUT2D eigenvalue weighted by Gasteiger charge is -2.24. The van der Waals surface area contributed by atoms with Gasteiger partial charge in [0.2, 0.25) is 0 Å². The molecule has 98 valence electrons. The van der Waals surface area contributed by atoms with Gasteiger partial charge in [-0.15, -0.1) is 0 Å². The molecule has 19 heavy (non-hydrogen) atoms. The van der Waals surface area contributed by atoms with Crippen molar-refractivity contribution in [2.75, 3.05) is 5.73 Å². The molecular formula is C15H17N3O. The Morgan fingerprint density at radius 2 is 2.11 bits per heavy atom. The summed E-state index contributed by atoms with van der Waals surface area (Å²) in [5.41, 5.74) is 13.8. The van der Waals surface area contributed by atoms with Crippen molar-refractivity contribution < 1.29 is 5.11 Å². The number of nitrogen functional groups attached to an aromatic ring is 1. The van der Waals surface area contributed by atoms with Crippen LogP contribution in [0.5, 0.6) is 0 Å². The van der Waals surface area contributed by atoms with Crippen LogP contribution in [0.2, 0.25) is 0 Å². The van der Waals surface area contributed by atoms with Crippen LogP contribution in [0, 0.1) is 0 Å². The van der Waals surface area contributed by atoms with Gasteiger partial charge in [-0.2, -0.15) is 0 Å². The molecule has 0 amide bonds. The summed E-state index contributed by atoms with van der Waals surface area (Å²) in [4.78, 5) is 3.97. The van der Waals surface area contributed by atoms with Crippen molar-refractivity contribution in [1.82, 2.24) is 4.98 Å². The van der Waals surface area contributed by atoms with Gasteiger partial charge in [-0.05, 0) is 35.2 Å². The van der Waals surface area contributed by atoms with Crippen molar-refractivity contribution in [1.29, 1.82) is 0 Å². The normalized spacial score (nSPS) is 25.3. The molecule has 0 bridgehead atoms. The first kappa shape index (κ1) is 12.1. The summed E-state index contributed by atoms with van der Waals surface area (Å²) < 4.78 is 0. The second kappa shape index (κ2) is 4.33. The molecule has 0 saturated heterocycles. The molecule has 0 fully saturated rings. The summed E-state index contributed by atoms with van der Waals surface area (Å²) in [5, 5.41) is 10.9. The lowest BCUT2D eigenvalue weighted by atomic mass is 9.89. The van der Waals surface area contributed by atoms with Gasteiger partial charge in [0.15, 0.2) is 0 Å². The van der Waals surface area contributed by atoms with E-state index in [2.05, 4.69) is 4.98 Å². The summed E-state index contributed by atoms with van der Waals surface area (Å²) in [7, 11) is 0. The monoisotopic (exact) mass is 255 g/mol. The molecule has 1 aliphatic carbocycles. The second-order valence-electron chi connectivity index (χ2n) is 5.20. The van der Waals surface area contributed by atoms with Gasteiger partial charge >= 0.3 is 0 Å². The molecule has 4 nitrogen and oxygen atoms in total. The van der Waals surface area contributed by atoms with Crippen LogP contribution in [0.25, 0.3) is 0 Å². The number of anilines is 1. The molecule has 0 radical (unpaired) electrons. The predicted octanol–water partition coefficient (Wildman–Crippen LogP) is 1.50. The summed E-state index contributed by atoms with van der Waals surface area (Å²) >= 11 is 0. The third-order valence-electron chi connectivity index (χ3n) is 3.76. The quantitative estimate of drug-likeness (QED) is 0.759. The Morgan fingerprint density at radius 1 is 1.32 bits per heavy atom. The molecule has 0 aliphatic heterocycles. The van der Waals surface area contributed by atoms with E-state index in [-0.39, 0.29) is 6.04 Å². The maximum absolute atomic E-state index is 10.9. The van der Waals surface area contributed by atoms with E-state index in [0.29, 0.717) is 18.7 Å². The number of rotatable bonds is 2. The van der Waals surface area contributed by atoms with Gasteiger partial charge in [0.25, 0.3) is 0 Å². The topological polar surface area (TPSA) is 85.2 Å². The van der Waals surface area contributed by atoms with Gasteiger partial charge in [0.05, 0.1) is 5.60 Å². The van der Waals surface area contributed by atoms with Crippen molar-refractivity contribution in [2.24, 2.45) is 5.73 Å². The third-order valence-corrected chi connectivity index (χ3v) is 3.76. The Bertz CT molecular complexity index is 614. The summed E-state index contributed by atoms with van der Waals surface area (Å²) in [5.74, 6) is 0.469. The van der Waals surface area contributed by atoms with Crippen molar-refractivity contribution in [3.8, 4) is 0 Å². The van der Waals surface area contributed by atoms with Crippen molar-refractivity contribution in [3.63, 3.8) is 0 Å². The van der Waals surface area contributed by atoms with Gasteiger partial charge in [-0.1, -0.05) is 24.3 Å². The van der Waals surface area contributed by atoms with Crippen molar-refractivity contribution in [2.45, 2.75) is 24.5 Å². The summed E-state index contributed by atoms with van der Waals surface area (Å²) in [6.07, 6.45) is 2.70. The van der Waals surface area contributed by atoms with Gasteiger partial charge in [0.1, 0.15) is 5.82 Å². The van der Waals surface area contributed by atoms with Gasteiger partial charge < -0.3 is 16.6 Å². The van der Waals surface area contributed by atoms with E-state index in [4.69, 9.17) is 11.5 Å². The first-order valence-electron chi connectivity index (χ1n) is 6.36. The van der Waals surface area contributed by atoms with Crippen molar-refractivity contribution in [3.05, 3.63) is 59.3 Å². The van der Waals surface area contributed by atoms with Gasteiger partial charge in [-0.25, -0.2) is 4.98 Å². The molecule has 3 rings (SSSR count). The zero-order valence-electron chi connectivity index (χ0n) is 10.6. The molecule has 5 N–H and O–H groups in total. The van der Waals surface area contributed by atoms with E-state index >= 15 is 0 Å². The van der Waals surface area contributed by atoms with Crippen LogP contribution in [-0.2, 0) is 12.0 Å². The molecule has 4 heteroatoms. The van der Waals surface area contributed by atoms with Crippen LogP contribution in [0.1, 0.15) is 29.2 Å². The number of nitrogens with two attached hydrogens (primary N) is 2. The first-order valence-corrected chi connectivity index (χ1v) is 6.36. The maximum Gasteiger partial charge on any atom is 0.123 e. The molecule has 0 spiro atoms. The highest BCUT2D eigenvalue weighted by Crippen LogP contribution is 2.43. The summed E-state index contributed by atoms with van der Waals surface area (Å²) in [6, 6.07) is 11.4. The van der Waals surface area contributed by atoms with Crippen LogP contribution in [-0.4, -0.2) is 10.1 Å². The van der Waals surface area contributed by atoms with Crippen LogP contribution in [0.3, 0.4) is 0 Å². The molecule has 0 saturated carbocycles. The van der Waals surface area contributed by atoms with E-state index in [1.165, 1.54) is 0 Å². The molecule has 2 aromatic rings.